The molecule has 8 nitrogen and oxygen atoms in total. The molecule has 3 aromatic rings. The Kier molecular flexibility index (Phi) is 9.25. The Morgan fingerprint density at radius 2 is 1.59 bits per heavy atom. The Labute approximate surface area is 216 Å². The van der Waals surface area contributed by atoms with Gasteiger partial charge < -0.3 is 20.6 Å². The third-order valence-electron chi connectivity index (χ3n) is 5.73. The zero-order valence-electron chi connectivity index (χ0n) is 20.6. The number of carbonyl (C=O) groups is 1. The molecule has 0 aliphatic heterocycles. The fraction of sp³-hybridized carbons (Fsp3) is 0.296. The van der Waals surface area contributed by atoms with E-state index in [2.05, 4.69) is 5.32 Å². The van der Waals surface area contributed by atoms with Crippen LogP contribution in [-0.2, 0) is 16.4 Å². The highest BCUT2D eigenvalue weighted by molar-refractivity contribution is 7.89. The summed E-state index contributed by atoms with van der Waals surface area (Å²) in [6.45, 7) is 3.44. The van der Waals surface area contributed by atoms with Gasteiger partial charge in [-0.05, 0) is 60.4 Å². The molecule has 198 valence electrons. The van der Waals surface area contributed by atoms with Crippen molar-refractivity contribution < 1.29 is 32.9 Å². The highest BCUT2D eigenvalue weighted by Gasteiger charge is 2.31. The molecule has 2 atom stereocenters. The highest BCUT2D eigenvalue weighted by atomic mass is 32.2. The van der Waals surface area contributed by atoms with Gasteiger partial charge in [-0.15, -0.1) is 0 Å². The van der Waals surface area contributed by atoms with E-state index < -0.39 is 39.6 Å². The van der Waals surface area contributed by atoms with Crippen LogP contribution in [0.1, 0.15) is 29.8 Å². The van der Waals surface area contributed by atoms with Gasteiger partial charge in [0.25, 0.3) is 5.91 Å². The van der Waals surface area contributed by atoms with E-state index in [0.717, 1.165) is 28.1 Å². The van der Waals surface area contributed by atoms with Gasteiger partial charge in [0.1, 0.15) is 5.82 Å². The van der Waals surface area contributed by atoms with Crippen LogP contribution in [0.15, 0.2) is 77.7 Å². The predicted octanol–water partition coefficient (Wildman–Crippen LogP) is 3.29. The third kappa shape index (κ3) is 7.51. The number of hydrogen-bond donors (Lipinski definition) is 4. The molecular weight excluding hydrogens is 499 g/mol. The number of aliphatic hydroxyl groups excluding tert-OH is 1. The molecule has 0 radical (unpaired) electrons. The number of phenols is 2. The summed E-state index contributed by atoms with van der Waals surface area (Å²) in [6.07, 6.45) is -1.12. The first-order valence-corrected chi connectivity index (χ1v) is 13.2. The lowest BCUT2D eigenvalue weighted by atomic mass is 10.00. The van der Waals surface area contributed by atoms with Gasteiger partial charge in [0.15, 0.2) is 11.5 Å². The van der Waals surface area contributed by atoms with Crippen LogP contribution in [0.2, 0.25) is 0 Å². The Morgan fingerprint density at radius 1 is 0.946 bits per heavy atom. The minimum Gasteiger partial charge on any atom is -0.504 e. The Bertz CT molecular complexity index is 1300. The summed E-state index contributed by atoms with van der Waals surface area (Å²) in [4.78, 5) is 12.8. The van der Waals surface area contributed by atoms with Crippen LogP contribution in [-0.4, -0.2) is 59.2 Å². The van der Waals surface area contributed by atoms with E-state index in [1.54, 1.807) is 0 Å². The first-order valence-electron chi connectivity index (χ1n) is 11.8. The normalized spacial score (nSPS) is 13.5. The lowest BCUT2D eigenvalue weighted by Crippen LogP contribution is -2.51. The number of rotatable bonds is 11. The van der Waals surface area contributed by atoms with Gasteiger partial charge >= 0.3 is 0 Å². The van der Waals surface area contributed by atoms with Crippen molar-refractivity contribution in [3.63, 3.8) is 0 Å². The quantitative estimate of drug-likeness (QED) is 0.282. The number of sulfonamides is 1. The first kappa shape index (κ1) is 28.1. The van der Waals surface area contributed by atoms with Crippen LogP contribution >= 0.6 is 0 Å². The second-order valence-electron chi connectivity index (χ2n) is 9.21. The number of amides is 1. The van der Waals surface area contributed by atoms with E-state index in [9.17, 15) is 32.9 Å². The molecule has 0 aromatic heterocycles. The molecule has 3 aromatic carbocycles. The minimum absolute atomic E-state index is 0.0542. The van der Waals surface area contributed by atoms with Crippen LogP contribution in [0.4, 0.5) is 4.39 Å². The molecule has 0 heterocycles. The smallest absolute Gasteiger partial charge is 0.251 e. The van der Waals surface area contributed by atoms with Crippen molar-refractivity contribution in [3.8, 4) is 11.5 Å². The standard InChI is InChI=1S/C27H31FN2O6S/c1-18(2)16-30(37(35,36)22-11-9-21(28)10-12-22)17-26(33)23(14-19-6-4-3-5-7-19)29-27(34)20-8-13-24(31)25(32)15-20/h3-13,15,18,23,26,31-33H,14,16-17H2,1-2H3,(H,29,34)/t23-,26+/m0/s1. The van der Waals surface area contributed by atoms with Crippen molar-refractivity contribution >= 4 is 15.9 Å². The number of halogens is 1. The van der Waals surface area contributed by atoms with Crippen molar-refractivity contribution in [3.05, 3.63) is 89.7 Å². The van der Waals surface area contributed by atoms with Crippen LogP contribution in [0.5, 0.6) is 11.5 Å². The van der Waals surface area contributed by atoms with Crippen molar-refractivity contribution in [2.45, 2.75) is 37.3 Å². The van der Waals surface area contributed by atoms with E-state index in [-0.39, 0.29) is 41.6 Å². The summed E-state index contributed by atoms with van der Waals surface area (Å²) in [5, 5.41) is 33.3. The van der Waals surface area contributed by atoms with Crippen molar-refractivity contribution in [2.75, 3.05) is 13.1 Å². The monoisotopic (exact) mass is 530 g/mol. The molecule has 0 aliphatic rings. The minimum atomic E-state index is -4.07. The molecule has 0 unspecified atom stereocenters. The number of nitrogens with zero attached hydrogens (tertiary/aromatic N) is 1. The maximum absolute atomic E-state index is 13.4. The molecule has 10 heteroatoms. The number of carbonyl (C=O) groups excluding carboxylic acids is 1. The van der Waals surface area contributed by atoms with Gasteiger partial charge in [0.05, 0.1) is 17.0 Å². The molecule has 0 aliphatic carbocycles. The molecule has 0 fully saturated rings. The van der Waals surface area contributed by atoms with E-state index in [0.29, 0.717) is 0 Å². The van der Waals surface area contributed by atoms with Crippen molar-refractivity contribution in [1.29, 1.82) is 0 Å². The Hall–Kier alpha value is -3.47. The molecule has 4 N–H and O–H groups in total. The van der Waals surface area contributed by atoms with Gasteiger partial charge in [0, 0.05) is 18.7 Å². The summed E-state index contributed by atoms with van der Waals surface area (Å²) in [5.74, 6) is -2.12. The zero-order chi connectivity index (χ0) is 27.2. The number of aliphatic hydroxyl groups is 1. The number of nitrogens with one attached hydrogen (secondary N) is 1. The van der Waals surface area contributed by atoms with Crippen LogP contribution < -0.4 is 5.32 Å². The molecule has 3 rings (SSSR count). The molecular formula is C27H31FN2O6S. The van der Waals surface area contributed by atoms with Crippen molar-refractivity contribution in [2.24, 2.45) is 5.92 Å². The van der Waals surface area contributed by atoms with E-state index in [1.807, 2.05) is 44.2 Å². The molecule has 0 bridgehead atoms. The predicted molar refractivity (Wildman–Crippen MR) is 137 cm³/mol. The second kappa shape index (κ2) is 12.2. The summed E-state index contributed by atoms with van der Waals surface area (Å²) >= 11 is 0. The fourth-order valence-corrected chi connectivity index (χ4v) is 5.46. The maximum Gasteiger partial charge on any atom is 0.251 e. The summed E-state index contributed by atoms with van der Waals surface area (Å²) in [7, 11) is -4.07. The van der Waals surface area contributed by atoms with Crippen LogP contribution in [0.3, 0.4) is 0 Å². The number of phenolic OH excluding ortho intramolecular Hbond substituents is 2. The lowest BCUT2D eigenvalue weighted by Gasteiger charge is -2.30. The third-order valence-corrected chi connectivity index (χ3v) is 7.57. The van der Waals surface area contributed by atoms with Crippen LogP contribution in [0.25, 0.3) is 0 Å². The van der Waals surface area contributed by atoms with E-state index in [1.165, 1.54) is 24.3 Å². The molecule has 1 amide bonds. The average molecular weight is 531 g/mol. The largest absolute Gasteiger partial charge is 0.504 e. The summed E-state index contributed by atoms with van der Waals surface area (Å²) in [5.41, 5.74) is 0.857. The Balaban J connectivity index is 1.89. The average Bonchev–Trinajstić information content (AvgIpc) is 2.85. The van der Waals surface area contributed by atoms with Gasteiger partial charge in [-0.25, -0.2) is 12.8 Å². The van der Waals surface area contributed by atoms with Gasteiger partial charge in [0.2, 0.25) is 10.0 Å². The van der Waals surface area contributed by atoms with Gasteiger partial charge in [-0.2, -0.15) is 4.31 Å². The van der Waals surface area contributed by atoms with E-state index >= 15 is 0 Å². The molecule has 37 heavy (non-hydrogen) atoms. The van der Waals surface area contributed by atoms with Gasteiger partial charge in [-0.1, -0.05) is 44.2 Å². The molecule has 0 spiro atoms. The second-order valence-corrected chi connectivity index (χ2v) is 11.1. The summed E-state index contributed by atoms with van der Waals surface area (Å²) in [6, 6.07) is 16.2. The van der Waals surface area contributed by atoms with Crippen LogP contribution in [0, 0.1) is 11.7 Å². The summed E-state index contributed by atoms with van der Waals surface area (Å²) < 4.78 is 41.3. The fourth-order valence-electron chi connectivity index (χ4n) is 3.84. The topological polar surface area (TPSA) is 127 Å². The highest BCUT2D eigenvalue weighted by Crippen LogP contribution is 2.25. The zero-order valence-corrected chi connectivity index (χ0v) is 21.4. The SMILES string of the molecule is CC(C)CN(C[C@@H](O)[C@H](Cc1ccccc1)NC(=O)c1ccc(O)c(O)c1)S(=O)(=O)c1ccc(F)cc1. The number of hydrogen-bond acceptors (Lipinski definition) is 6. The van der Waals surface area contributed by atoms with E-state index in [4.69, 9.17) is 0 Å². The van der Waals surface area contributed by atoms with Gasteiger partial charge in [-0.3, -0.25) is 4.79 Å². The maximum atomic E-state index is 13.4. The lowest BCUT2D eigenvalue weighted by molar-refractivity contribution is 0.0775. The Morgan fingerprint density at radius 3 is 2.19 bits per heavy atom. The van der Waals surface area contributed by atoms with Crippen molar-refractivity contribution in [1.82, 2.24) is 9.62 Å². The number of benzene rings is 3. The molecule has 0 saturated carbocycles. The number of aromatic hydroxyl groups is 2. The molecule has 0 saturated heterocycles. The first-order chi connectivity index (χ1) is 17.5.